The van der Waals surface area contributed by atoms with Gasteiger partial charge in [-0.1, -0.05) is 0 Å². The molecule has 2 amide bonds. The molecule has 2 saturated heterocycles. The number of rotatable bonds is 1. The van der Waals surface area contributed by atoms with Crippen molar-refractivity contribution in [3.8, 4) is 0 Å². The molecule has 2 fully saturated rings. The van der Waals surface area contributed by atoms with Crippen molar-refractivity contribution in [1.82, 2.24) is 15.2 Å². The second kappa shape index (κ2) is 5.44. The minimum absolute atomic E-state index is 0.00504. The average molecular weight is 289 g/mol. The number of amides is 2. The molecule has 0 saturated carbocycles. The van der Waals surface area contributed by atoms with Crippen molar-refractivity contribution in [3.63, 3.8) is 0 Å². The van der Waals surface area contributed by atoms with Crippen molar-refractivity contribution >= 4 is 11.8 Å². The topological polar surface area (TPSA) is 71.5 Å². The summed E-state index contributed by atoms with van der Waals surface area (Å²) in [5.41, 5.74) is 0.277. The molecule has 3 rings (SSSR count). The van der Waals surface area contributed by atoms with E-state index in [-0.39, 0.29) is 30.1 Å². The zero-order valence-corrected chi connectivity index (χ0v) is 12.0. The number of nitrogens with zero attached hydrogens (tertiary/aromatic N) is 2. The Hall–Kier alpha value is -1.95. The van der Waals surface area contributed by atoms with Gasteiger partial charge < -0.3 is 15.0 Å². The van der Waals surface area contributed by atoms with Crippen LogP contribution in [0, 0.1) is 0 Å². The van der Waals surface area contributed by atoms with Crippen LogP contribution in [0.2, 0.25) is 0 Å². The molecule has 0 aliphatic carbocycles. The normalized spacial score (nSPS) is 24.7. The summed E-state index contributed by atoms with van der Waals surface area (Å²) in [5.74, 6) is -0.0626. The van der Waals surface area contributed by atoms with Gasteiger partial charge >= 0.3 is 0 Å². The van der Waals surface area contributed by atoms with Crippen molar-refractivity contribution in [1.29, 1.82) is 0 Å². The Labute approximate surface area is 123 Å². The number of likely N-dealkylation sites (tertiary alicyclic amines) is 1. The number of nitrogens with one attached hydrogen (secondary N) is 1. The fourth-order valence-corrected chi connectivity index (χ4v) is 3.09. The van der Waals surface area contributed by atoms with Gasteiger partial charge in [-0.05, 0) is 31.9 Å². The molecule has 6 nitrogen and oxygen atoms in total. The van der Waals surface area contributed by atoms with Crippen LogP contribution in [0.5, 0.6) is 0 Å². The lowest BCUT2D eigenvalue weighted by Gasteiger charge is -2.47. The van der Waals surface area contributed by atoms with Gasteiger partial charge in [0.15, 0.2) is 0 Å². The van der Waals surface area contributed by atoms with E-state index in [1.165, 1.54) is 0 Å². The average Bonchev–Trinajstić information content (AvgIpc) is 2.52. The molecule has 1 N–H and O–H groups in total. The summed E-state index contributed by atoms with van der Waals surface area (Å²) >= 11 is 0. The summed E-state index contributed by atoms with van der Waals surface area (Å²) in [7, 11) is 0. The first-order chi connectivity index (χ1) is 10.1. The summed E-state index contributed by atoms with van der Waals surface area (Å²) in [6.45, 7) is 3.35. The third kappa shape index (κ3) is 2.63. The molecule has 1 spiro atoms. The highest BCUT2D eigenvalue weighted by Gasteiger charge is 2.44. The summed E-state index contributed by atoms with van der Waals surface area (Å²) in [5, 5.41) is 2.94. The number of ether oxygens (including phenoxy) is 1. The maximum atomic E-state index is 12.4. The molecular formula is C15H19N3O3. The van der Waals surface area contributed by atoms with Crippen LogP contribution >= 0.6 is 0 Å². The van der Waals surface area contributed by atoms with Crippen LogP contribution in [0.1, 0.15) is 30.1 Å². The molecule has 1 atom stereocenters. The highest BCUT2D eigenvalue weighted by molar-refractivity contribution is 5.93. The van der Waals surface area contributed by atoms with Crippen LogP contribution in [-0.2, 0) is 9.53 Å². The van der Waals surface area contributed by atoms with Gasteiger partial charge in [0.2, 0.25) is 5.91 Å². The van der Waals surface area contributed by atoms with E-state index in [2.05, 4.69) is 10.3 Å². The van der Waals surface area contributed by atoms with Crippen LogP contribution in [0.3, 0.4) is 0 Å². The lowest BCUT2D eigenvalue weighted by molar-refractivity contribution is -0.158. The maximum Gasteiger partial charge on any atom is 0.255 e. The molecule has 2 aliphatic heterocycles. The van der Waals surface area contributed by atoms with E-state index in [1.807, 2.05) is 11.8 Å². The Kier molecular flexibility index (Phi) is 3.63. The number of aromatic nitrogens is 1. The molecule has 0 aromatic carbocycles. The third-order valence-electron chi connectivity index (χ3n) is 4.46. The zero-order chi connectivity index (χ0) is 14.9. The first kappa shape index (κ1) is 14.0. The van der Waals surface area contributed by atoms with Crippen molar-refractivity contribution in [3.05, 3.63) is 30.1 Å². The molecule has 3 heterocycles. The van der Waals surface area contributed by atoms with Gasteiger partial charge in [0.25, 0.3) is 5.91 Å². The van der Waals surface area contributed by atoms with Crippen molar-refractivity contribution < 1.29 is 14.3 Å². The molecule has 1 aromatic rings. The number of morpholine rings is 1. The Morgan fingerprint density at radius 1 is 1.48 bits per heavy atom. The summed E-state index contributed by atoms with van der Waals surface area (Å²) in [6.07, 6.45) is 4.72. The van der Waals surface area contributed by atoms with Crippen LogP contribution in [-0.4, -0.2) is 53.0 Å². The van der Waals surface area contributed by atoms with E-state index in [4.69, 9.17) is 4.74 Å². The van der Waals surface area contributed by atoms with Gasteiger partial charge in [-0.15, -0.1) is 0 Å². The zero-order valence-electron chi connectivity index (χ0n) is 12.0. The van der Waals surface area contributed by atoms with Crippen molar-refractivity contribution in [2.24, 2.45) is 0 Å². The second-order valence-electron chi connectivity index (χ2n) is 5.68. The third-order valence-corrected chi connectivity index (χ3v) is 4.46. The second-order valence-corrected chi connectivity index (χ2v) is 5.68. The van der Waals surface area contributed by atoms with E-state index in [1.54, 1.807) is 24.5 Å². The minimum atomic E-state index is -0.334. The SMILES string of the molecule is CC1NC(=O)COC12CCN(C(=O)c1cccnc1)CC2. The van der Waals surface area contributed by atoms with Gasteiger partial charge in [-0.25, -0.2) is 0 Å². The summed E-state index contributed by atoms with van der Waals surface area (Å²) in [4.78, 5) is 29.5. The standard InChI is InChI=1S/C15H19N3O3/c1-11-15(21-10-13(19)17-11)4-7-18(8-5-15)14(20)12-3-2-6-16-9-12/h2-3,6,9,11H,4-5,7-8,10H2,1H3,(H,17,19). The Bertz CT molecular complexity index is 538. The van der Waals surface area contributed by atoms with E-state index in [0.717, 1.165) is 12.8 Å². The summed E-state index contributed by atoms with van der Waals surface area (Å²) in [6, 6.07) is 3.52. The highest BCUT2D eigenvalue weighted by Crippen LogP contribution is 2.32. The molecule has 112 valence electrons. The fourth-order valence-electron chi connectivity index (χ4n) is 3.09. The molecule has 0 radical (unpaired) electrons. The predicted octanol–water partition coefficient (Wildman–Crippen LogP) is 0.591. The van der Waals surface area contributed by atoms with Gasteiger partial charge in [-0.3, -0.25) is 14.6 Å². The lowest BCUT2D eigenvalue weighted by Crippen LogP contribution is -2.63. The van der Waals surface area contributed by atoms with E-state index in [9.17, 15) is 9.59 Å². The van der Waals surface area contributed by atoms with Gasteiger partial charge in [0.05, 0.1) is 17.2 Å². The Morgan fingerprint density at radius 3 is 2.86 bits per heavy atom. The highest BCUT2D eigenvalue weighted by atomic mass is 16.5. The fraction of sp³-hybridized carbons (Fsp3) is 0.533. The maximum absolute atomic E-state index is 12.4. The van der Waals surface area contributed by atoms with Crippen LogP contribution in [0.15, 0.2) is 24.5 Å². The lowest BCUT2D eigenvalue weighted by atomic mass is 9.83. The van der Waals surface area contributed by atoms with E-state index < -0.39 is 0 Å². The number of hydrogen-bond acceptors (Lipinski definition) is 4. The van der Waals surface area contributed by atoms with Gasteiger partial charge in [-0.2, -0.15) is 0 Å². The van der Waals surface area contributed by atoms with Crippen molar-refractivity contribution in [2.45, 2.75) is 31.4 Å². The largest absolute Gasteiger partial charge is 0.363 e. The molecule has 0 bridgehead atoms. The molecule has 2 aliphatic rings. The number of carbonyl (C=O) groups is 2. The molecule has 1 aromatic heterocycles. The van der Waals surface area contributed by atoms with Gasteiger partial charge in [0.1, 0.15) is 6.61 Å². The van der Waals surface area contributed by atoms with Crippen LogP contribution in [0.4, 0.5) is 0 Å². The smallest absolute Gasteiger partial charge is 0.255 e. The Balaban J connectivity index is 1.65. The molecule has 21 heavy (non-hydrogen) atoms. The molecule has 1 unspecified atom stereocenters. The molecule has 6 heteroatoms. The quantitative estimate of drug-likeness (QED) is 0.821. The van der Waals surface area contributed by atoms with E-state index >= 15 is 0 Å². The first-order valence-corrected chi connectivity index (χ1v) is 7.23. The summed E-state index contributed by atoms with van der Waals surface area (Å²) < 4.78 is 5.80. The van der Waals surface area contributed by atoms with Crippen LogP contribution in [0.25, 0.3) is 0 Å². The first-order valence-electron chi connectivity index (χ1n) is 7.23. The minimum Gasteiger partial charge on any atom is -0.363 e. The molecular weight excluding hydrogens is 270 g/mol. The monoisotopic (exact) mass is 289 g/mol. The predicted molar refractivity (Wildman–Crippen MR) is 75.7 cm³/mol. The number of piperidine rings is 1. The number of carbonyl (C=O) groups excluding carboxylic acids is 2. The van der Waals surface area contributed by atoms with Gasteiger partial charge in [0, 0.05) is 25.5 Å². The van der Waals surface area contributed by atoms with Crippen LogP contribution < -0.4 is 5.32 Å². The van der Waals surface area contributed by atoms with Crippen molar-refractivity contribution in [2.75, 3.05) is 19.7 Å². The Morgan fingerprint density at radius 2 is 2.24 bits per heavy atom. The van der Waals surface area contributed by atoms with E-state index in [0.29, 0.717) is 18.7 Å². The number of hydrogen-bond donors (Lipinski definition) is 1. The number of pyridine rings is 1.